The third-order valence-electron chi connectivity index (χ3n) is 4.49. The molecule has 25 heavy (non-hydrogen) atoms. The van der Waals surface area contributed by atoms with E-state index in [0.29, 0.717) is 17.7 Å². The van der Waals surface area contributed by atoms with Crippen molar-refractivity contribution in [1.82, 2.24) is 20.4 Å². The monoisotopic (exact) mass is 364 g/mol. The Morgan fingerprint density at radius 3 is 2.68 bits per heavy atom. The van der Waals surface area contributed by atoms with Gasteiger partial charge in [-0.05, 0) is 32.8 Å². The van der Waals surface area contributed by atoms with Crippen LogP contribution >= 0.6 is 11.3 Å². The van der Waals surface area contributed by atoms with Crippen molar-refractivity contribution < 1.29 is 19.5 Å². The standard InChI is InChI=1S/C16H20N4O4S/c1-7-11-6-12(25-15(11)20(3)19-7)14(22)17-8(2)13(21)18-10-4-9(5-10)16(23)24/h6,8-10H,4-5H2,1-3H3,(H,17,22)(H,18,21)(H,23,24). The van der Waals surface area contributed by atoms with Gasteiger partial charge >= 0.3 is 5.97 Å². The molecule has 0 aliphatic heterocycles. The number of aryl methyl sites for hydroxylation is 2. The first-order chi connectivity index (χ1) is 11.8. The number of carbonyl (C=O) groups excluding carboxylic acids is 2. The summed E-state index contributed by atoms with van der Waals surface area (Å²) >= 11 is 1.33. The molecule has 1 atom stereocenters. The Morgan fingerprint density at radius 2 is 2.08 bits per heavy atom. The van der Waals surface area contributed by atoms with Gasteiger partial charge in [-0.1, -0.05) is 0 Å². The lowest BCUT2D eigenvalue weighted by Gasteiger charge is -2.33. The van der Waals surface area contributed by atoms with Gasteiger partial charge in [-0.15, -0.1) is 11.3 Å². The molecule has 0 bridgehead atoms. The molecule has 3 N–H and O–H groups in total. The van der Waals surface area contributed by atoms with Crippen LogP contribution in [0.4, 0.5) is 0 Å². The summed E-state index contributed by atoms with van der Waals surface area (Å²) in [5, 5.41) is 19.5. The summed E-state index contributed by atoms with van der Waals surface area (Å²) in [6, 6.07) is 0.956. The fraction of sp³-hybridized carbons (Fsp3) is 0.500. The third kappa shape index (κ3) is 3.37. The lowest BCUT2D eigenvalue weighted by Crippen LogP contribution is -2.52. The fourth-order valence-corrected chi connectivity index (χ4v) is 3.94. The van der Waals surface area contributed by atoms with Crippen molar-refractivity contribution in [3.8, 4) is 0 Å². The molecule has 3 rings (SSSR count). The van der Waals surface area contributed by atoms with Crippen LogP contribution in [0, 0.1) is 12.8 Å². The van der Waals surface area contributed by atoms with Crippen LogP contribution in [0.1, 0.15) is 35.1 Å². The van der Waals surface area contributed by atoms with Crippen LogP contribution in [0.2, 0.25) is 0 Å². The van der Waals surface area contributed by atoms with Crippen molar-refractivity contribution in [1.29, 1.82) is 0 Å². The minimum atomic E-state index is -0.832. The minimum absolute atomic E-state index is 0.133. The highest BCUT2D eigenvalue weighted by molar-refractivity contribution is 7.20. The van der Waals surface area contributed by atoms with E-state index in [1.807, 2.05) is 14.0 Å². The number of nitrogens with one attached hydrogen (secondary N) is 2. The van der Waals surface area contributed by atoms with Crippen molar-refractivity contribution in [2.75, 3.05) is 0 Å². The molecule has 2 aromatic heterocycles. The zero-order chi connectivity index (χ0) is 18.3. The highest BCUT2D eigenvalue weighted by Gasteiger charge is 2.36. The van der Waals surface area contributed by atoms with Crippen molar-refractivity contribution in [2.24, 2.45) is 13.0 Å². The van der Waals surface area contributed by atoms with Crippen LogP contribution in [0.25, 0.3) is 10.2 Å². The van der Waals surface area contributed by atoms with Gasteiger partial charge in [-0.2, -0.15) is 5.10 Å². The smallest absolute Gasteiger partial charge is 0.306 e. The molecular weight excluding hydrogens is 344 g/mol. The van der Waals surface area contributed by atoms with Crippen molar-refractivity contribution in [3.05, 3.63) is 16.6 Å². The summed E-state index contributed by atoms with van der Waals surface area (Å²) in [5.41, 5.74) is 0.858. The van der Waals surface area contributed by atoms with Crippen molar-refractivity contribution >= 4 is 39.3 Å². The third-order valence-corrected chi connectivity index (χ3v) is 5.70. The number of carbonyl (C=O) groups is 3. The van der Waals surface area contributed by atoms with Gasteiger partial charge in [0.15, 0.2) is 0 Å². The van der Waals surface area contributed by atoms with Gasteiger partial charge in [0.2, 0.25) is 5.91 Å². The van der Waals surface area contributed by atoms with Crippen molar-refractivity contribution in [2.45, 2.75) is 38.8 Å². The second-order valence-electron chi connectivity index (χ2n) is 6.45. The van der Waals surface area contributed by atoms with Gasteiger partial charge in [0.25, 0.3) is 5.91 Å². The first-order valence-electron chi connectivity index (χ1n) is 8.03. The van der Waals surface area contributed by atoms with Crippen LogP contribution in [-0.2, 0) is 16.6 Å². The zero-order valence-corrected chi connectivity index (χ0v) is 15.0. The molecule has 0 radical (unpaired) electrons. The summed E-state index contributed by atoms with van der Waals surface area (Å²) in [7, 11) is 1.83. The number of rotatable bonds is 5. The van der Waals surface area contributed by atoms with Crippen LogP contribution in [0.5, 0.6) is 0 Å². The molecule has 1 aliphatic carbocycles. The molecule has 0 saturated heterocycles. The SMILES string of the molecule is Cc1nn(C)c2sc(C(=O)NC(C)C(=O)NC3CC(C(=O)O)C3)cc12. The largest absolute Gasteiger partial charge is 0.481 e. The maximum absolute atomic E-state index is 12.4. The van der Waals surface area contributed by atoms with E-state index in [-0.39, 0.29) is 23.8 Å². The number of aliphatic carboxylic acids is 1. The van der Waals surface area contributed by atoms with E-state index in [0.717, 1.165) is 15.9 Å². The fourth-order valence-electron chi connectivity index (χ4n) is 2.91. The van der Waals surface area contributed by atoms with Gasteiger partial charge in [-0.3, -0.25) is 19.1 Å². The molecule has 8 nitrogen and oxygen atoms in total. The molecule has 0 spiro atoms. The molecule has 1 aliphatic rings. The number of hydrogen-bond donors (Lipinski definition) is 3. The molecule has 134 valence electrons. The van der Waals surface area contributed by atoms with E-state index in [1.165, 1.54) is 11.3 Å². The van der Waals surface area contributed by atoms with E-state index in [4.69, 9.17) is 5.11 Å². The molecule has 2 amide bonds. The Kier molecular flexibility index (Phi) is 4.51. The lowest BCUT2D eigenvalue weighted by atomic mass is 9.80. The highest BCUT2D eigenvalue weighted by atomic mass is 32.1. The Labute approximate surface area is 148 Å². The van der Waals surface area contributed by atoms with E-state index in [2.05, 4.69) is 15.7 Å². The minimum Gasteiger partial charge on any atom is -0.481 e. The van der Waals surface area contributed by atoms with Gasteiger partial charge in [-0.25, -0.2) is 0 Å². The van der Waals surface area contributed by atoms with E-state index in [9.17, 15) is 14.4 Å². The Balaban J connectivity index is 1.57. The Morgan fingerprint density at radius 1 is 1.40 bits per heavy atom. The maximum atomic E-state index is 12.4. The van der Waals surface area contributed by atoms with Crippen LogP contribution in [-0.4, -0.2) is 44.8 Å². The van der Waals surface area contributed by atoms with Gasteiger partial charge in [0, 0.05) is 18.5 Å². The summed E-state index contributed by atoms with van der Waals surface area (Å²) in [4.78, 5) is 36.7. The number of aromatic nitrogens is 2. The van der Waals surface area contributed by atoms with Crippen LogP contribution < -0.4 is 10.6 Å². The van der Waals surface area contributed by atoms with E-state index in [1.54, 1.807) is 17.7 Å². The van der Waals surface area contributed by atoms with Gasteiger partial charge in [0.05, 0.1) is 16.5 Å². The van der Waals surface area contributed by atoms with Crippen molar-refractivity contribution in [3.63, 3.8) is 0 Å². The number of thiophene rings is 1. The average molecular weight is 364 g/mol. The van der Waals surface area contributed by atoms with E-state index >= 15 is 0 Å². The number of amides is 2. The average Bonchev–Trinajstić information content (AvgIpc) is 3.04. The first-order valence-corrected chi connectivity index (χ1v) is 8.85. The molecule has 9 heteroatoms. The first kappa shape index (κ1) is 17.4. The molecule has 2 aromatic rings. The summed E-state index contributed by atoms with van der Waals surface area (Å²) < 4.78 is 1.73. The summed E-state index contributed by atoms with van der Waals surface area (Å²) in [6.07, 6.45) is 0.870. The summed E-state index contributed by atoms with van der Waals surface area (Å²) in [5.74, 6) is -1.83. The molecule has 1 saturated carbocycles. The topological polar surface area (TPSA) is 113 Å². The number of fused-ring (bicyclic) bond motifs is 1. The number of carboxylic acid groups (broad SMARTS) is 1. The molecule has 1 unspecified atom stereocenters. The quantitative estimate of drug-likeness (QED) is 0.734. The van der Waals surface area contributed by atoms with E-state index < -0.39 is 12.0 Å². The lowest BCUT2D eigenvalue weighted by molar-refractivity contribution is -0.146. The predicted octanol–water partition coefficient (Wildman–Crippen LogP) is 1.04. The molecular formula is C16H20N4O4S. The molecule has 1 fully saturated rings. The van der Waals surface area contributed by atoms with Crippen LogP contribution in [0.3, 0.4) is 0 Å². The highest BCUT2D eigenvalue weighted by Crippen LogP contribution is 2.28. The summed E-state index contributed by atoms with van der Waals surface area (Å²) in [6.45, 7) is 3.50. The molecule has 2 heterocycles. The van der Waals surface area contributed by atoms with Crippen LogP contribution in [0.15, 0.2) is 6.07 Å². The number of nitrogens with zero attached hydrogens (tertiary/aromatic N) is 2. The normalized spacial score (nSPS) is 20.8. The number of carboxylic acids is 1. The number of hydrogen-bond acceptors (Lipinski definition) is 5. The Bertz CT molecular complexity index is 815. The second-order valence-corrected chi connectivity index (χ2v) is 7.48. The predicted molar refractivity (Wildman–Crippen MR) is 92.5 cm³/mol. The Hall–Kier alpha value is -2.42. The van der Waals surface area contributed by atoms with Gasteiger partial charge < -0.3 is 15.7 Å². The second kappa shape index (κ2) is 6.47. The van der Waals surface area contributed by atoms with Gasteiger partial charge in [0.1, 0.15) is 10.9 Å². The maximum Gasteiger partial charge on any atom is 0.306 e. The zero-order valence-electron chi connectivity index (χ0n) is 14.2. The molecule has 0 aromatic carbocycles.